The summed E-state index contributed by atoms with van der Waals surface area (Å²) in [7, 11) is 0. The SMILES string of the molecule is O=C([C@H]1[C@@H]2C[C@@H](CN(c3nncs3)C2)[C@@H]2CCCC(=O)N21)N1CC=CC1. The van der Waals surface area contributed by atoms with E-state index < -0.39 is 0 Å². The van der Waals surface area contributed by atoms with E-state index in [1.54, 1.807) is 16.8 Å². The number of hydrogen-bond donors (Lipinski definition) is 0. The van der Waals surface area contributed by atoms with Crippen molar-refractivity contribution in [1.29, 1.82) is 0 Å². The van der Waals surface area contributed by atoms with Crippen LogP contribution in [0.25, 0.3) is 0 Å². The summed E-state index contributed by atoms with van der Waals surface area (Å²) >= 11 is 1.55. The lowest BCUT2D eigenvalue weighted by molar-refractivity contribution is -0.160. The Kier molecular flexibility index (Phi) is 3.95. The molecule has 8 heteroatoms. The highest BCUT2D eigenvalue weighted by atomic mass is 32.1. The fourth-order valence-electron chi connectivity index (χ4n) is 5.28. The van der Waals surface area contributed by atoms with Gasteiger partial charge in [-0.15, -0.1) is 10.2 Å². The molecule has 2 bridgehead atoms. The maximum atomic E-state index is 13.3. The van der Waals surface area contributed by atoms with Crippen LogP contribution in [0.5, 0.6) is 0 Å². The number of nitrogens with zero attached hydrogens (tertiary/aromatic N) is 5. The number of fused-ring (bicyclic) bond motifs is 4. The summed E-state index contributed by atoms with van der Waals surface area (Å²) in [6.45, 7) is 3.02. The summed E-state index contributed by atoms with van der Waals surface area (Å²) in [6, 6.07) is -0.132. The van der Waals surface area contributed by atoms with Crippen LogP contribution in [0.3, 0.4) is 0 Å². The van der Waals surface area contributed by atoms with Crippen molar-refractivity contribution >= 4 is 28.3 Å². The van der Waals surface area contributed by atoms with E-state index in [2.05, 4.69) is 15.1 Å². The van der Waals surface area contributed by atoms with Crippen molar-refractivity contribution in [2.45, 2.75) is 37.8 Å². The zero-order valence-corrected chi connectivity index (χ0v) is 15.5. The summed E-state index contributed by atoms with van der Waals surface area (Å²) in [5, 5.41) is 9.16. The number of carbonyl (C=O) groups excluding carboxylic acids is 2. The normalized spacial score (nSPS) is 33.5. The second kappa shape index (κ2) is 6.33. The Balaban J connectivity index is 1.48. The molecule has 4 aliphatic heterocycles. The molecule has 0 aromatic carbocycles. The molecule has 1 aromatic rings. The zero-order chi connectivity index (χ0) is 17.7. The highest BCUT2D eigenvalue weighted by Crippen LogP contribution is 2.43. The molecule has 0 radical (unpaired) electrons. The van der Waals surface area contributed by atoms with E-state index in [0.717, 1.165) is 37.5 Å². The number of carbonyl (C=O) groups is 2. The third-order valence-corrected chi connectivity index (χ3v) is 7.09. The van der Waals surface area contributed by atoms with Crippen molar-refractivity contribution < 1.29 is 9.59 Å². The number of amides is 2. The number of anilines is 1. The van der Waals surface area contributed by atoms with E-state index in [0.29, 0.717) is 25.4 Å². The molecule has 0 unspecified atom stereocenters. The molecule has 26 heavy (non-hydrogen) atoms. The zero-order valence-electron chi connectivity index (χ0n) is 14.7. The van der Waals surface area contributed by atoms with Crippen LogP contribution in [0.4, 0.5) is 5.13 Å². The predicted molar refractivity (Wildman–Crippen MR) is 97.7 cm³/mol. The van der Waals surface area contributed by atoms with Gasteiger partial charge in [-0.05, 0) is 25.2 Å². The highest BCUT2D eigenvalue weighted by molar-refractivity contribution is 7.13. The second-order valence-electron chi connectivity index (χ2n) is 7.80. The van der Waals surface area contributed by atoms with E-state index in [9.17, 15) is 9.59 Å². The van der Waals surface area contributed by atoms with E-state index >= 15 is 0 Å². The molecule has 1 aromatic heterocycles. The van der Waals surface area contributed by atoms with Crippen LogP contribution in [0.15, 0.2) is 17.7 Å². The van der Waals surface area contributed by atoms with Crippen LogP contribution in [0.2, 0.25) is 0 Å². The summed E-state index contributed by atoms with van der Waals surface area (Å²) in [6.07, 6.45) is 7.63. The van der Waals surface area contributed by atoms with Crippen molar-refractivity contribution in [1.82, 2.24) is 20.0 Å². The molecule has 3 saturated heterocycles. The van der Waals surface area contributed by atoms with Crippen LogP contribution < -0.4 is 4.90 Å². The molecule has 5 heterocycles. The smallest absolute Gasteiger partial charge is 0.246 e. The third-order valence-electron chi connectivity index (χ3n) is 6.34. The van der Waals surface area contributed by atoms with Gasteiger partial charge in [-0.1, -0.05) is 23.5 Å². The highest BCUT2D eigenvalue weighted by Gasteiger charge is 2.53. The van der Waals surface area contributed by atoms with Crippen molar-refractivity contribution in [3.05, 3.63) is 17.7 Å². The van der Waals surface area contributed by atoms with E-state index in [1.807, 2.05) is 22.0 Å². The standard InChI is InChI=1S/C18H23N5O2S/c24-15-5-3-4-14-12-8-13(10-22(9-12)18-20-19-11-26-18)16(23(14)15)17(25)21-6-1-2-7-21/h1-2,11-14,16H,3-10H2/t12-,13+,14-,16+/m0/s1. The number of piperidine rings is 3. The first kappa shape index (κ1) is 16.2. The Morgan fingerprint density at radius 1 is 1.19 bits per heavy atom. The van der Waals surface area contributed by atoms with Gasteiger partial charge in [-0.2, -0.15) is 0 Å². The third kappa shape index (κ3) is 2.53. The molecule has 0 N–H and O–H groups in total. The fourth-order valence-corrected chi connectivity index (χ4v) is 5.86. The molecule has 3 fully saturated rings. The predicted octanol–water partition coefficient (Wildman–Crippen LogP) is 1.14. The van der Waals surface area contributed by atoms with Crippen molar-refractivity contribution in [2.75, 3.05) is 31.1 Å². The quantitative estimate of drug-likeness (QED) is 0.727. The Labute approximate surface area is 156 Å². The summed E-state index contributed by atoms with van der Waals surface area (Å²) in [5.74, 6) is 0.885. The number of rotatable bonds is 2. The van der Waals surface area contributed by atoms with Gasteiger partial charge in [0.05, 0.1) is 0 Å². The van der Waals surface area contributed by atoms with Crippen molar-refractivity contribution in [3.8, 4) is 0 Å². The summed E-state index contributed by atoms with van der Waals surface area (Å²) in [4.78, 5) is 32.3. The van der Waals surface area contributed by atoms with Crippen molar-refractivity contribution in [3.63, 3.8) is 0 Å². The molecule has 0 spiro atoms. The van der Waals surface area contributed by atoms with Crippen molar-refractivity contribution in [2.24, 2.45) is 11.8 Å². The van der Waals surface area contributed by atoms with Gasteiger partial charge in [0.2, 0.25) is 16.9 Å². The van der Waals surface area contributed by atoms with Gasteiger partial charge in [0, 0.05) is 44.6 Å². The second-order valence-corrected chi connectivity index (χ2v) is 8.61. The molecule has 2 amide bonds. The molecule has 5 rings (SSSR count). The molecule has 4 aliphatic rings. The molecule has 7 nitrogen and oxygen atoms in total. The van der Waals surface area contributed by atoms with Gasteiger partial charge >= 0.3 is 0 Å². The average Bonchev–Trinajstić information content (AvgIpc) is 3.36. The fraction of sp³-hybridized carbons (Fsp3) is 0.667. The first-order valence-corrected chi connectivity index (χ1v) is 10.4. The molecule has 0 aliphatic carbocycles. The lowest BCUT2D eigenvalue weighted by Gasteiger charge is -2.56. The van der Waals surface area contributed by atoms with Crippen LogP contribution in [-0.4, -0.2) is 70.1 Å². The molecule has 4 atom stereocenters. The maximum absolute atomic E-state index is 13.3. The van der Waals surface area contributed by atoms with Gasteiger partial charge in [0.25, 0.3) is 0 Å². The van der Waals surface area contributed by atoms with Gasteiger partial charge in [0.15, 0.2) is 0 Å². The summed E-state index contributed by atoms with van der Waals surface area (Å²) < 4.78 is 0. The first-order chi connectivity index (χ1) is 12.7. The topological polar surface area (TPSA) is 69.6 Å². The van der Waals surface area contributed by atoms with Crippen LogP contribution in [0.1, 0.15) is 25.7 Å². The summed E-state index contributed by atoms with van der Waals surface area (Å²) in [5.41, 5.74) is 1.76. The lowest BCUT2D eigenvalue weighted by Crippen LogP contribution is -2.68. The van der Waals surface area contributed by atoms with E-state index in [-0.39, 0.29) is 29.8 Å². The van der Waals surface area contributed by atoms with Crippen LogP contribution >= 0.6 is 11.3 Å². The van der Waals surface area contributed by atoms with E-state index in [4.69, 9.17) is 0 Å². The van der Waals surface area contributed by atoms with Gasteiger partial charge in [0.1, 0.15) is 11.6 Å². The van der Waals surface area contributed by atoms with Gasteiger partial charge < -0.3 is 14.7 Å². The Hall–Kier alpha value is -1.96. The lowest BCUT2D eigenvalue weighted by atomic mass is 9.71. The largest absolute Gasteiger partial charge is 0.346 e. The first-order valence-electron chi connectivity index (χ1n) is 9.48. The molecule has 138 valence electrons. The number of hydrogen-bond acceptors (Lipinski definition) is 6. The molecule has 0 saturated carbocycles. The Morgan fingerprint density at radius 3 is 2.77 bits per heavy atom. The van der Waals surface area contributed by atoms with E-state index in [1.165, 1.54) is 0 Å². The minimum atomic E-state index is -0.320. The van der Waals surface area contributed by atoms with Crippen LogP contribution in [0, 0.1) is 11.8 Å². The van der Waals surface area contributed by atoms with Gasteiger partial charge in [-0.25, -0.2) is 0 Å². The Bertz CT molecular complexity index is 728. The minimum absolute atomic E-state index is 0.123. The van der Waals surface area contributed by atoms with Gasteiger partial charge in [-0.3, -0.25) is 9.59 Å². The monoisotopic (exact) mass is 373 g/mol. The molecular formula is C18H23N5O2S. The Morgan fingerprint density at radius 2 is 2.00 bits per heavy atom. The minimum Gasteiger partial charge on any atom is -0.346 e. The molecular weight excluding hydrogens is 350 g/mol. The average molecular weight is 373 g/mol. The van der Waals surface area contributed by atoms with Crippen LogP contribution in [-0.2, 0) is 9.59 Å². The maximum Gasteiger partial charge on any atom is 0.246 e. The number of aromatic nitrogens is 2.